The number of nitrogen functional groups attached to an aromatic ring is 2. The highest BCUT2D eigenvalue weighted by atomic mass is 28.2. The van der Waals surface area contributed by atoms with Gasteiger partial charge in [0.05, 0.1) is 0 Å². The van der Waals surface area contributed by atoms with E-state index in [2.05, 4.69) is 0 Å². The third-order valence-corrected chi connectivity index (χ3v) is 2.07. The molecule has 0 atom stereocenters. The van der Waals surface area contributed by atoms with Crippen molar-refractivity contribution in [2.45, 2.75) is 0 Å². The molecule has 8 heavy (non-hydrogen) atoms. The minimum atomic E-state index is 0.233. The summed E-state index contributed by atoms with van der Waals surface area (Å²) in [5.74, 6) is 0. The summed E-state index contributed by atoms with van der Waals surface area (Å²) >= 11 is 0. The molecular weight excluding hydrogens is 116 g/mol. The van der Waals surface area contributed by atoms with Crippen LogP contribution in [-0.2, 0) is 0 Å². The summed E-state index contributed by atoms with van der Waals surface area (Å²) in [5, 5.41) is 0. The molecule has 0 bridgehead atoms. The molecule has 4 N–H and O–H groups in total. The van der Waals surface area contributed by atoms with Gasteiger partial charge in [0.1, 0.15) is 0 Å². The molecule has 0 aliphatic carbocycles. The van der Waals surface area contributed by atoms with Crippen molar-refractivity contribution in [3.05, 3.63) is 17.4 Å². The third-order valence-electron chi connectivity index (χ3n) is 0.911. The summed E-state index contributed by atoms with van der Waals surface area (Å²) in [4.78, 5) is 0. The normalized spacial score (nSPS) is 9.00. The maximum atomic E-state index is 5.43. The Morgan fingerprint density at radius 1 is 1.12 bits per heavy atom. The Labute approximate surface area is 50.2 Å². The van der Waals surface area contributed by atoms with Gasteiger partial charge in [-0.05, 0) is 6.07 Å². The Balaban J connectivity index is 3.08. The van der Waals surface area contributed by atoms with Crippen LogP contribution in [0.25, 0.3) is 0 Å². The molecule has 0 fully saturated rings. The summed E-state index contributed by atoms with van der Waals surface area (Å²) in [6.45, 7) is 0. The van der Waals surface area contributed by atoms with Gasteiger partial charge < -0.3 is 11.5 Å². The number of nitrogens with two attached hydrogens (primary N) is 2. The highest BCUT2D eigenvalue weighted by Gasteiger charge is 1.81. The summed E-state index contributed by atoms with van der Waals surface area (Å²) in [5.41, 5.74) is 16.5. The van der Waals surface area contributed by atoms with Crippen LogP contribution in [0.15, 0.2) is 17.4 Å². The lowest BCUT2D eigenvalue weighted by Crippen LogP contribution is -1.90. The SMILES string of the molecule is Nc1c[siH]cc(N)c1. The fraction of sp³-hybridized carbons (Fsp3) is 0. The summed E-state index contributed by atoms with van der Waals surface area (Å²) in [6.07, 6.45) is 0. The first kappa shape index (κ1) is 5.31. The smallest absolute Gasteiger partial charge is 0.0288 e. The van der Waals surface area contributed by atoms with E-state index in [1.54, 1.807) is 6.07 Å². The van der Waals surface area contributed by atoms with Gasteiger partial charge in [-0.3, -0.25) is 0 Å². The van der Waals surface area contributed by atoms with Crippen LogP contribution in [0, 0.1) is 0 Å². The molecular formula is C5H8N2Si. The van der Waals surface area contributed by atoms with Crippen molar-refractivity contribution in [2.24, 2.45) is 0 Å². The van der Waals surface area contributed by atoms with Gasteiger partial charge in [0.25, 0.3) is 0 Å². The number of hydrogen-bond donors (Lipinski definition) is 2. The molecule has 1 aromatic rings. The fourth-order valence-electron chi connectivity index (χ4n) is 0.559. The number of hydrogen-bond acceptors (Lipinski definition) is 2. The van der Waals surface area contributed by atoms with Crippen LogP contribution in [0.4, 0.5) is 11.4 Å². The number of rotatable bonds is 0. The van der Waals surface area contributed by atoms with E-state index >= 15 is 0 Å². The Kier molecular flexibility index (Phi) is 1.30. The molecule has 0 saturated carbocycles. The molecule has 3 heteroatoms. The van der Waals surface area contributed by atoms with Crippen LogP contribution >= 0.6 is 0 Å². The molecule has 1 aromatic heterocycles. The molecule has 0 aliphatic rings. The van der Waals surface area contributed by atoms with Crippen LogP contribution in [0.5, 0.6) is 0 Å². The zero-order valence-corrected chi connectivity index (χ0v) is 5.62. The predicted molar refractivity (Wildman–Crippen MR) is 38.0 cm³/mol. The lowest BCUT2D eigenvalue weighted by molar-refractivity contribution is 1.76. The van der Waals surface area contributed by atoms with Crippen molar-refractivity contribution < 1.29 is 0 Å². The molecule has 42 valence electrons. The van der Waals surface area contributed by atoms with E-state index in [4.69, 9.17) is 11.5 Å². The second-order valence-electron chi connectivity index (χ2n) is 1.67. The van der Waals surface area contributed by atoms with E-state index in [0.29, 0.717) is 0 Å². The first-order valence-corrected chi connectivity index (χ1v) is 3.73. The Morgan fingerprint density at radius 2 is 1.62 bits per heavy atom. The lowest BCUT2D eigenvalue weighted by atomic mass is 10.4. The molecule has 0 radical (unpaired) electrons. The van der Waals surface area contributed by atoms with E-state index in [9.17, 15) is 0 Å². The van der Waals surface area contributed by atoms with Gasteiger partial charge in [0, 0.05) is 20.5 Å². The average Bonchev–Trinajstić information content (AvgIpc) is 1.64. The van der Waals surface area contributed by atoms with Crippen LogP contribution in [0.2, 0.25) is 0 Å². The van der Waals surface area contributed by atoms with Crippen LogP contribution < -0.4 is 11.5 Å². The second kappa shape index (κ2) is 1.96. The topological polar surface area (TPSA) is 52.0 Å². The molecule has 0 aliphatic heterocycles. The van der Waals surface area contributed by atoms with Crippen molar-refractivity contribution in [2.75, 3.05) is 11.5 Å². The predicted octanol–water partition coefficient (Wildman–Crippen LogP) is -0.0786. The van der Waals surface area contributed by atoms with E-state index in [1.807, 2.05) is 11.4 Å². The monoisotopic (exact) mass is 124 g/mol. The van der Waals surface area contributed by atoms with Crippen molar-refractivity contribution in [3.63, 3.8) is 0 Å². The van der Waals surface area contributed by atoms with Gasteiger partial charge in [0.15, 0.2) is 0 Å². The highest BCUT2D eigenvalue weighted by molar-refractivity contribution is 6.29. The Bertz CT molecular complexity index is 170. The second-order valence-corrected chi connectivity index (χ2v) is 2.72. The quantitative estimate of drug-likeness (QED) is 0.475. The lowest BCUT2D eigenvalue weighted by Gasteiger charge is -1.91. The maximum Gasteiger partial charge on any atom is 0.0288 e. The van der Waals surface area contributed by atoms with Gasteiger partial charge in [-0.15, -0.1) is 0 Å². The zero-order valence-electron chi connectivity index (χ0n) is 4.46. The largest absolute Gasteiger partial charge is 0.399 e. The van der Waals surface area contributed by atoms with E-state index < -0.39 is 0 Å². The highest BCUT2D eigenvalue weighted by Crippen LogP contribution is 2.02. The van der Waals surface area contributed by atoms with Crippen LogP contribution in [0.3, 0.4) is 0 Å². The first-order chi connectivity index (χ1) is 3.79. The first-order valence-electron chi connectivity index (χ1n) is 2.40. The van der Waals surface area contributed by atoms with Crippen molar-refractivity contribution in [1.29, 1.82) is 0 Å². The van der Waals surface area contributed by atoms with Gasteiger partial charge in [0.2, 0.25) is 0 Å². The Hall–Kier alpha value is -0.833. The average molecular weight is 124 g/mol. The fourth-order valence-corrected chi connectivity index (χ4v) is 1.29. The summed E-state index contributed by atoms with van der Waals surface area (Å²) < 4.78 is 0. The molecule has 0 aromatic carbocycles. The summed E-state index contributed by atoms with van der Waals surface area (Å²) in [7, 11) is 0.233. The minimum Gasteiger partial charge on any atom is -0.399 e. The summed E-state index contributed by atoms with van der Waals surface area (Å²) in [6, 6.07) is 1.77. The number of anilines is 2. The van der Waals surface area contributed by atoms with E-state index in [0.717, 1.165) is 11.4 Å². The van der Waals surface area contributed by atoms with Crippen molar-refractivity contribution >= 4 is 20.5 Å². The molecule has 0 saturated heterocycles. The van der Waals surface area contributed by atoms with Gasteiger partial charge in [-0.1, -0.05) is 11.4 Å². The maximum absolute atomic E-state index is 5.43. The Morgan fingerprint density at radius 3 is 1.88 bits per heavy atom. The van der Waals surface area contributed by atoms with Gasteiger partial charge in [-0.2, -0.15) is 0 Å². The van der Waals surface area contributed by atoms with Gasteiger partial charge in [-0.25, -0.2) is 0 Å². The molecule has 0 spiro atoms. The van der Waals surface area contributed by atoms with Crippen molar-refractivity contribution in [3.8, 4) is 0 Å². The molecule has 0 unspecified atom stereocenters. The van der Waals surface area contributed by atoms with Crippen molar-refractivity contribution in [1.82, 2.24) is 0 Å². The van der Waals surface area contributed by atoms with Gasteiger partial charge >= 0.3 is 0 Å². The van der Waals surface area contributed by atoms with E-state index in [-0.39, 0.29) is 9.12 Å². The molecule has 1 heterocycles. The zero-order chi connectivity index (χ0) is 5.98. The standard InChI is InChI=1S/C5H8N2Si/c6-4-1-5(7)3-8-2-4/h1-3,8H,6-7H2. The van der Waals surface area contributed by atoms with Crippen LogP contribution in [0.1, 0.15) is 0 Å². The van der Waals surface area contributed by atoms with E-state index in [1.165, 1.54) is 0 Å². The molecule has 2 nitrogen and oxygen atoms in total. The minimum absolute atomic E-state index is 0.233. The molecule has 1 rings (SSSR count). The third kappa shape index (κ3) is 1.07. The van der Waals surface area contributed by atoms with Crippen LogP contribution in [-0.4, -0.2) is 9.12 Å². The molecule has 0 amide bonds.